The number of carbonyl (C=O) groups excluding carboxylic acids is 1. The van der Waals surface area contributed by atoms with Gasteiger partial charge < -0.3 is 19.3 Å². The van der Waals surface area contributed by atoms with Crippen LogP contribution in [0, 0.1) is 5.82 Å². The maximum absolute atomic E-state index is 15.2. The molecule has 0 spiro atoms. The van der Waals surface area contributed by atoms with Crippen LogP contribution in [0.5, 0.6) is 5.75 Å². The number of ketones is 1. The quantitative estimate of drug-likeness (QED) is 0.656. The molecule has 0 radical (unpaired) electrons. The first-order valence-electron chi connectivity index (χ1n) is 11.3. The average Bonchev–Trinajstić information content (AvgIpc) is 3.22. The largest absolute Gasteiger partial charge is 0.489 e. The Morgan fingerprint density at radius 1 is 1.10 bits per heavy atom. The fourth-order valence-electron chi connectivity index (χ4n) is 4.53. The summed E-state index contributed by atoms with van der Waals surface area (Å²) in [6.45, 7) is 6.66. The van der Waals surface area contributed by atoms with E-state index in [0.29, 0.717) is 31.1 Å². The maximum atomic E-state index is 15.2. The second-order valence-corrected chi connectivity index (χ2v) is 8.73. The van der Waals surface area contributed by atoms with E-state index in [4.69, 9.17) is 4.74 Å². The smallest absolute Gasteiger partial charge is 0.208 e. The first kappa shape index (κ1) is 21.5. The minimum atomic E-state index is -0.325. The predicted octanol–water partition coefficient (Wildman–Crippen LogP) is 4.35. The monoisotopic (exact) mass is 426 g/mol. The average molecular weight is 427 g/mol. The summed E-state index contributed by atoms with van der Waals surface area (Å²) in [5.41, 5.74) is 1.13. The van der Waals surface area contributed by atoms with Gasteiger partial charge in [0.2, 0.25) is 5.82 Å². The number of carbonyl (C=O) groups is 1. The zero-order valence-electron chi connectivity index (χ0n) is 18.4. The molecule has 0 aliphatic carbocycles. The third-order valence-corrected chi connectivity index (χ3v) is 6.20. The normalized spacial score (nSPS) is 20.0. The van der Waals surface area contributed by atoms with Crippen LogP contribution in [0.3, 0.4) is 0 Å². The summed E-state index contributed by atoms with van der Waals surface area (Å²) in [4.78, 5) is 23.8. The Kier molecular flexibility index (Phi) is 6.68. The number of halogens is 1. The Balaban J connectivity index is 1.38. The van der Waals surface area contributed by atoms with Crippen molar-refractivity contribution in [2.24, 2.45) is 0 Å². The SMILES string of the molecule is CC(=O)C[C@@H](C)c1ccc(O[C@@H]2CCN(c3ncnc(N4CCCCC4)c3F)C2)cc1. The molecule has 2 atom stereocenters. The Morgan fingerprint density at radius 2 is 1.77 bits per heavy atom. The van der Waals surface area contributed by atoms with Crippen molar-refractivity contribution in [2.75, 3.05) is 36.0 Å². The summed E-state index contributed by atoms with van der Waals surface area (Å²) in [5.74, 6) is 1.65. The van der Waals surface area contributed by atoms with Crippen LogP contribution in [0.4, 0.5) is 16.0 Å². The van der Waals surface area contributed by atoms with Crippen LogP contribution < -0.4 is 14.5 Å². The molecule has 166 valence electrons. The highest BCUT2D eigenvalue weighted by molar-refractivity contribution is 5.76. The fraction of sp³-hybridized carbons (Fsp3) is 0.542. The molecule has 0 bridgehead atoms. The van der Waals surface area contributed by atoms with Gasteiger partial charge in [-0.1, -0.05) is 19.1 Å². The maximum Gasteiger partial charge on any atom is 0.208 e. The molecule has 1 aromatic heterocycles. The molecule has 6 nitrogen and oxygen atoms in total. The molecule has 0 saturated carbocycles. The third kappa shape index (κ3) is 5.14. The van der Waals surface area contributed by atoms with Gasteiger partial charge in [-0.15, -0.1) is 0 Å². The van der Waals surface area contributed by atoms with Crippen molar-refractivity contribution in [3.8, 4) is 5.75 Å². The highest BCUT2D eigenvalue weighted by Crippen LogP contribution is 2.30. The highest BCUT2D eigenvalue weighted by Gasteiger charge is 2.29. The van der Waals surface area contributed by atoms with Crippen molar-refractivity contribution in [3.63, 3.8) is 0 Å². The summed E-state index contributed by atoms with van der Waals surface area (Å²) in [6.07, 6.45) is 6.14. The number of anilines is 2. The molecule has 2 saturated heterocycles. The Labute approximate surface area is 183 Å². The lowest BCUT2D eigenvalue weighted by Crippen LogP contribution is -2.32. The Hall–Kier alpha value is -2.70. The van der Waals surface area contributed by atoms with Gasteiger partial charge in [-0.3, -0.25) is 0 Å². The summed E-state index contributed by atoms with van der Waals surface area (Å²) in [6, 6.07) is 7.94. The molecule has 2 aliphatic heterocycles. The molecule has 3 heterocycles. The van der Waals surface area contributed by atoms with E-state index < -0.39 is 0 Å². The molecule has 2 aliphatic rings. The molecule has 31 heavy (non-hydrogen) atoms. The number of hydrogen-bond donors (Lipinski definition) is 0. The number of aromatic nitrogens is 2. The second kappa shape index (κ2) is 9.62. The minimum Gasteiger partial charge on any atom is -0.489 e. The summed E-state index contributed by atoms with van der Waals surface area (Å²) in [5, 5.41) is 0. The van der Waals surface area contributed by atoms with E-state index >= 15 is 4.39 Å². The zero-order chi connectivity index (χ0) is 21.8. The first-order chi connectivity index (χ1) is 15.0. The van der Waals surface area contributed by atoms with Gasteiger partial charge in [0, 0.05) is 32.5 Å². The zero-order valence-corrected chi connectivity index (χ0v) is 18.4. The minimum absolute atomic E-state index is 0.0201. The van der Waals surface area contributed by atoms with E-state index in [1.54, 1.807) is 6.92 Å². The van der Waals surface area contributed by atoms with Gasteiger partial charge in [0.15, 0.2) is 11.6 Å². The summed E-state index contributed by atoms with van der Waals surface area (Å²) in [7, 11) is 0. The van der Waals surface area contributed by atoms with Crippen LogP contribution in [0.25, 0.3) is 0 Å². The van der Waals surface area contributed by atoms with Crippen LogP contribution in [0.2, 0.25) is 0 Å². The molecule has 7 heteroatoms. The molecule has 4 rings (SSSR count). The van der Waals surface area contributed by atoms with Gasteiger partial charge in [0.1, 0.15) is 24.0 Å². The summed E-state index contributed by atoms with van der Waals surface area (Å²) < 4.78 is 21.3. The van der Waals surface area contributed by atoms with Crippen molar-refractivity contribution in [1.29, 1.82) is 0 Å². The van der Waals surface area contributed by atoms with E-state index in [-0.39, 0.29) is 23.6 Å². The van der Waals surface area contributed by atoms with Gasteiger partial charge >= 0.3 is 0 Å². The lowest BCUT2D eigenvalue weighted by atomic mass is 9.96. The van der Waals surface area contributed by atoms with Gasteiger partial charge in [0.25, 0.3) is 0 Å². The standard InChI is InChI=1S/C24H31FN4O2/c1-17(14-18(2)30)19-6-8-20(9-7-19)31-21-10-13-29(15-21)24-22(25)23(26-16-27-24)28-11-4-3-5-12-28/h6-9,16-17,21H,3-5,10-15H2,1-2H3/t17-,21-/m1/s1. The van der Waals surface area contributed by atoms with Crippen molar-refractivity contribution in [1.82, 2.24) is 9.97 Å². The van der Waals surface area contributed by atoms with Crippen LogP contribution in [-0.4, -0.2) is 48.0 Å². The third-order valence-electron chi connectivity index (χ3n) is 6.20. The van der Waals surface area contributed by atoms with E-state index in [2.05, 4.69) is 16.9 Å². The lowest BCUT2D eigenvalue weighted by Gasteiger charge is -2.29. The number of nitrogens with zero attached hydrogens (tertiary/aromatic N) is 4. The van der Waals surface area contributed by atoms with E-state index in [9.17, 15) is 4.79 Å². The Morgan fingerprint density at radius 3 is 2.45 bits per heavy atom. The molecular formula is C24H31FN4O2. The second-order valence-electron chi connectivity index (χ2n) is 8.73. The molecule has 0 N–H and O–H groups in total. The van der Waals surface area contributed by atoms with E-state index in [0.717, 1.165) is 43.7 Å². The van der Waals surface area contributed by atoms with Gasteiger partial charge in [-0.05, 0) is 49.8 Å². The van der Waals surface area contributed by atoms with Gasteiger partial charge in [0.05, 0.1) is 6.54 Å². The van der Waals surface area contributed by atoms with Crippen LogP contribution >= 0.6 is 0 Å². The topological polar surface area (TPSA) is 58.6 Å². The Bertz CT molecular complexity index is 899. The van der Waals surface area contributed by atoms with Gasteiger partial charge in [-0.2, -0.15) is 4.39 Å². The number of ether oxygens (including phenoxy) is 1. The molecule has 0 amide bonds. The highest BCUT2D eigenvalue weighted by atomic mass is 19.1. The number of Topliss-reactive ketones (excluding diaryl/α,β-unsaturated/α-hetero) is 1. The first-order valence-corrected chi connectivity index (χ1v) is 11.3. The number of benzene rings is 1. The van der Waals surface area contributed by atoms with Crippen molar-refractivity contribution < 1.29 is 13.9 Å². The van der Waals surface area contributed by atoms with Gasteiger partial charge in [-0.25, -0.2) is 9.97 Å². The van der Waals surface area contributed by atoms with Crippen molar-refractivity contribution >= 4 is 17.4 Å². The lowest BCUT2D eigenvalue weighted by molar-refractivity contribution is -0.117. The van der Waals surface area contributed by atoms with E-state index in [1.807, 2.05) is 34.1 Å². The molecule has 1 aromatic carbocycles. The van der Waals surface area contributed by atoms with E-state index in [1.165, 1.54) is 12.7 Å². The van der Waals surface area contributed by atoms with Crippen LogP contribution in [0.1, 0.15) is 57.4 Å². The fourth-order valence-corrected chi connectivity index (χ4v) is 4.53. The molecule has 0 unspecified atom stereocenters. The van der Waals surface area contributed by atoms with Crippen molar-refractivity contribution in [3.05, 3.63) is 42.0 Å². The number of piperidine rings is 1. The summed E-state index contributed by atoms with van der Waals surface area (Å²) >= 11 is 0. The number of rotatable bonds is 7. The molecule has 2 aromatic rings. The van der Waals surface area contributed by atoms with Crippen molar-refractivity contribution in [2.45, 2.75) is 58.0 Å². The van der Waals surface area contributed by atoms with Crippen LogP contribution in [0.15, 0.2) is 30.6 Å². The molecule has 2 fully saturated rings. The predicted molar refractivity (Wildman–Crippen MR) is 119 cm³/mol. The number of hydrogen-bond acceptors (Lipinski definition) is 6. The van der Waals surface area contributed by atoms with Crippen LogP contribution in [-0.2, 0) is 4.79 Å². The molecular weight excluding hydrogens is 395 g/mol.